The van der Waals surface area contributed by atoms with Crippen LogP contribution in [-0.4, -0.2) is 14.8 Å². The number of hydrogen-bond donors (Lipinski definition) is 1. The van der Waals surface area contributed by atoms with Gasteiger partial charge in [0.2, 0.25) is 0 Å². The van der Waals surface area contributed by atoms with E-state index in [1.807, 2.05) is 25.3 Å². The van der Waals surface area contributed by atoms with E-state index in [2.05, 4.69) is 40.7 Å². The van der Waals surface area contributed by atoms with Crippen LogP contribution in [0.5, 0.6) is 0 Å². The fourth-order valence-corrected chi connectivity index (χ4v) is 4.18. The van der Waals surface area contributed by atoms with Gasteiger partial charge in [-0.1, -0.05) is 13.8 Å². The molecular formula is C22H22FN3. The second-order valence-electron chi connectivity index (χ2n) is 7.82. The molecule has 2 heterocycles. The highest BCUT2D eigenvalue weighted by atomic mass is 19.1. The number of rotatable bonds is 3. The first kappa shape index (κ1) is 15.6. The summed E-state index contributed by atoms with van der Waals surface area (Å²) in [6.07, 6.45) is 4.37. The molecule has 1 fully saturated rings. The Labute approximate surface area is 151 Å². The molecule has 4 heteroatoms. The molecule has 26 heavy (non-hydrogen) atoms. The van der Waals surface area contributed by atoms with E-state index in [1.54, 1.807) is 6.07 Å². The summed E-state index contributed by atoms with van der Waals surface area (Å²) in [4.78, 5) is 0. The largest absolute Gasteiger partial charge is 0.313 e. The highest BCUT2D eigenvalue weighted by Crippen LogP contribution is 2.49. The quantitative estimate of drug-likeness (QED) is 0.488. The number of aryl methyl sites for hydroxylation is 1. The van der Waals surface area contributed by atoms with Crippen molar-refractivity contribution in [2.24, 2.45) is 0 Å². The standard InChI is InChI=1S/C22H22FN3/c1-12(2)22-21(14-4-5-14)17-10-19-15(11-24-25-19)9-20(17)26(22)16-6-7-18(23)13(3)8-16/h6-12,14H,4-5H2,1-3H3,(H,24,25). The van der Waals surface area contributed by atoms with Crippen LogP contribution in [0.4, 0.5) is 4.39 Å². The highest BCUT2D eigenvalue weighted by molar-refractivity contribution is 5.99. The number of nitrogens with one attached hydrogen (secondary N) is 1. The summed E-state index contributed by atoms with van der Waals surface area (Å²) in [5.74, 6) is 0.869. The van der Waals surface area contributed by atoms with E-state index in [4.69, 9.17) is 0 Å². The van der Waals surface area contributed by atoms with E-state index in [1.165, 1.54) is 35.0 Å². The summed E-state index contributed by atoms with van der Waals surface area (Å²) in [6.45, 7) is 6.33. The molecule has 3 nitrogen and oxygen atoms in total. The van der Waals surface area contributed by atoms with E-state index in [0.717, 1.165) is 16.6 Å². The van der Waals surface area contributed by atoms with Gasteiger partial charge >= 0.3 is 0 Å². The summed E-state index contributed by atoms with van der Waals surface area (Å²) in [7, 11) is 0. The van der Waals surface area contributed by atoms with Crippen molar-refractivity contribution in [1.29, 1.82) is 0 Å². The van der Waals surface area contributed by atoms with E-state index in [-0.39, 0.29) is 5.82 Å². The number of benzene rings is 2. The third-order valence-corrected chi connectivity index (χ3v) is 5.54. The highest BCUT2D eigenvalue weighted by Gasteiger charge is 2.32. The van der Waals surface area contributed by atoms with Crippen LogP contribution in [0.25, 0.3) is 27.5 Å². The first-order valence-corrected chi connectivity index (χ1v) is 9.32. The van der Waals surface area contributed by atoms with E-state index in [9.17, 15) is 4.39 Å². The molecule has 0 bridgehead atoms. The zero-order chi connectivity index (χ0) is 18.0. The Kier molecular flexibility index (Phi) is 3.27. The summed E-state index contributed by atoms with van der Waals surface area (Å²) >= 11 is 0. The smallest absolute Gasteiger partial charge is 0.126 e. The predicted molar refractivity (Wildman–Crippen MR) is 104 cm³/mol. The summed E-state index contributed by atoms with van der Waals surface area (Å²) < 4.78 is 16.2. The molecule has 1 aliphatic carbocycles. The van der Waals surface area contributed by atoms with Crippen molar-refractivity contribution in [1.82, 2.24) is 14.8 Å². The molecule has 0 amide bonds. The van der Waals surface area contributed by atoms with Gasteiger partial charge in [0.15, 0.2) is 0 Å². The molecule has 2 aromatic carbocycles. The molecule has 1 saturated carbocycles. The molecule has 0 aliphatic heterocycles. The molecular weight excluding hydrogens is 325 g/mol. The molecule has 4 aromatic rings. The fraction of sp³-hybridized carbons (Fsp3) is 0.318. The number of fused-ring (bicyclic) bond motifs is 2. The number of H-pyrrole nitrogens is 1. The second kappa shape index (κ2) is 5.44. The van der Waals surface area contributed by atoms with E-state index in [0.29, 0.717) is 17.4 Å². The monoisotopic (exact) mass is 347 g/mol. The third kappa shape index (κ3) is 2.21. The lowest BCUT2D eigenvalue weighted by Crippen LogP contribution is -2.04. The lowest BCUT2D eigenvalue weighted by atomic mass is 9.99. The maximum atomic E-state index is 13.9. The lowest BCUT2D eigenvalue weighted by Gasteiger charge is -2.16. The average Bonchev–Trinajstić information content (AvgIpc) is 3.24. The van der Waals surface area contributed by atoms with Gasteiger partial charge in [-0.15, -0.1) is 0 Å². The fourth-order valence-electron chi connectivity index (χ4n) is 4.18. The molecule has 0 spiro atoms. The molecule has 2 aromatic heterocycles. The molecule has 0 atom stereocenters. The maximum absolute atomic E-state index is 13.9. The topological polar surface area (TPSA) is 33.6 Å². The van der Waals surface area contributed by atoms with Gasteiger partial charge in [-0.05, 0) is 73.1 Å². The van der Waals surface area contributed by atoms with E-state index < -0.39 is 0 Å². The van der Waals surface area contributed by atoms with Crippen LogP contribution in [0, 0.1) is 12.7 Å². The van der Waals surface area contributed by atoms with Crippen LogP contribution in [0.2, 0.25) is 0 Å². The van der Waals surface area contributed by atoms with Crippen LogP contribution in [0.15, 0.2) is 36.5 Å². The van der Waals surface area contributed by atoms with Crippen LogP contribution in [0.1, 0.15) is 55.3 Å². The van der Waals surface area contributed by atoms with Crippen molar-refractivity contribution in [2.75, 3.05) is 0 Å². The van der Waals surface area contributed by atoms with Crippen molar-refractivity contribution < 1.29 is 4.39 Å². The molecule has 0 unspecified atom stereocenters. The normalized spacial score (nSPS) is 14.8. The first-order chi connectivity index (χ1) is 12.5. The minimum atomic E-state index is -0.157. The zero-order valence-electron chi connectivity index (χ0n) is 15.3. The van der Waals surface area contributed by atoms with Crippen molar-refractivity contribution in [3.05, 3.63) is 59.2 Å². The van der Waals surface area contributed by atoms with Gasteiger partial charge in [-0.2, -0.15) is 5.10 Å². The Morgan fingerprint density at radius 3 is 2.69 bits per heavy atom. The molecule has 132 valence electrons. The summed E-state index contributed by atoms with van der Waals surface area (Å²) in [5.41, 5.74) is 6.80. The van der Waals surface area contributed by atoms with Crippen LogP contribution in [-0.2, 0) is 0 Å². The van der Waals surface area contributed by atoms with Gasteiger partial charge in [0.1, 0.15) is 5.82 Å². The van der Waals surface area contributed by atoms with Crippen molar-refractivity contribution in [3.8, 4) is 5.69 Å². The number of aromatic amines is 1. The van der Waals surface area contributed by atoms with Gasteiger partial charge in [-0.3, -0.25) is 5.10 Å². The number of aromatic nitrogens is 3. The minimum absolute atomic E-state index is 0.157. The summed E-state index contributed by atoms with van der Waals surface area (Å²) in [5, 5.41) is 9.70. The Morgan fingerprint density at radius 2 is 2.00 bits per heavy atom. The molecule has 0 saturated heterocycles. The van der Waals surface area contributed by atoms with Crippen LogP contribution >= 0.6 is 0 Å². The minimum Gasteiger partial charge on any atom is -0.313 e. The molecule has 1 aliphatic rings. The molecule has 5 rings (SSSR count). The Hall–Kier alpha value is -2.62. The predicted octanol–water partition coefficient (Wildman–Crippen LogP) is 5.96. The van der Waals surface area contributed by atoms with Crippen molar-refractivity contribution >= 4 is 21.8 Å². The van der Waals surface area contributed by atoms with Gasteiger partial charge in [0.05, 0.1) is 17.2 Å². The number of halogens is 1. The van der Waals surface area contributed by atoms with E-state index >= 15 is 0 Å². The average molecular weight is 347 g/mol. The maximum Gasteiger partial charge on any atom is 0.126 e. The van der Waals surface area contributed by atoms with Crippen molar-refractivity contribution in [3.63, 3.8) is 0 Å². The third-order valence-electron chi connectivity index (χ3n) is 5.54. The Bertz CT molecular complexity index is 1150. The SMILES string of the molecule is Cc1cc(-n2c(C(C)C)c(C3CC3)c3cc4[nH]ncc4cc32)ccc1F. The van der Waals surface area contributed by atoms with Gasteiger partial charge in [-0.25, -0.2) is 4.39 Å². The van der Waals surface area contributed by atoms with Gasteiger partial charge in [0.25, 0.3) is 0 Å². The van der Waals surface area contributed by atoms with Crippen LogP contribution in [0.3, 0.4) is 0 Å². The summed E-state index contributed by atoms with van der Waals surface area (Å²) in [6, 6.07) is 9.88. The van der Waals surface area contributed by atoms with Crippen LogP contribution < -0.4 is 0 Å². The van der Waals surface area contributed by atoms with Gasteiger partial charge < -0.3 is 4.57 Å². The number of hydrogen-bond acceptors (Lipinski definition) is 1. The lowest BCUT2D eigenvalue weighted by molar-refractivity contribution is 0.618. The number of nitrogens with zero attached hydrogens (tertiary/aromatic N) is 2. The molecule has 0 radical (unpaired) electrons. The van der Waals surface area contributed by atoms with Crippen molar-refractivity contribution in [2.45, 2.75) is 45.4 Å². The zero-order valence-corrected chi connectivity index (χ0v) is 15.3. The first-order valence-electron chi connectivity index (χ1n) is 9.32. The Balaban J connectivity index is 1.92. The second-order valence-corrected chi connectivity index (χ2v) is 7.82. The van der Waals surface area contributed by atoms with Gasteiger partial charge in [0, 0.05) is 22.2 Å². The molecule has 1 N–H and O–H groups in total. The Morgan fingerprint density at radius 1 is 1.19 bits per heavy atom.